The second kappa shape index (κ2) is 8.30. The number of likely N-dealkylation sites (tertiary alicyclic amines) is 2. The highest BCUT2D eigenvalue weighted by Crippen LogP contribution is 2.30. The van der Waals surface area contributed by atoms with E-state index in [2.05, 4.69) is 14.9 Å². The third-order valence-electron chi connectivity index (χ3n) is 6.88. The lowest BCUT2D eigenvalue weighted by molar-refractivity contribution is 0.00113. The molecule has 7 heteroatoms. The van der Waals surface area contributed by atoms with Crippen LogP contribution in [0.2, 0.25) is 0 Å². The van der Waals surface area contributed by atoms with Crippen LogP contribution in [-0.2, 0) is 0 Å². The van der Waals surface area contributed by atoms with Crippen molar-refractivity contribution in [2.75, 3.05) is 19.6 Å². The predicted octanol–water partition coefficient (Wildman–Crippen LogP) is 3.32. The molecule has 0 radical (unpaired) electrons. The summed E-state index contributed by atoms with van der Waals surface area (Å²) in [4.78, 5) is 37.7. The number of pyridine rings is 1. The first kappa shape index (κ1) is 20.0. The van der Waals surface area contributed by atoms with Gasteiger partial charge in [0.1, 0.15) is 0 Å². The lowest BCUT2D eigenvalue weighted by atomic mass is 9.99. The Morgan fingerprint density at radius 2 is 1.84 bits per heavy atom. The van der Waals surface area contributed by atoms with Crippen molar-refractivity contribution in [3.8, 4) is 0 Å². The molecule has 7 nitrogen and oxygen atoms in total. The molecule has 162 valence electrons. The molecular formula is C24H29N5O2. The van der Waals surface area contributed by atoms with Gasteiger partial charge in [-0.1, -0.05) is 12.1 Å². The van der Waals surface area contributed by atoms with Crippen LogP contribution in [0.3, 0.4) is 0 Å². The van der Waals surface area contributed by atoms with E-state index in [-0.39, 0.29) is 23.8 Å². The molecule has 2 saturated heterocycles. The van der Waals surface area contributed by atoms with Gasteiger partial charge in [0.15, 0.2) is 0 Å². The largest absolute Gasteiger partial charge is 0.326 e. The smallest absolute Gasteiger partial charge is 0.323 e. The Balaban J connectivity index is 1.33. The number of para-hydroxylation sites is 2. The average molecular weight is 420 g/mol. The fourth-order valence-corrected chi connectivity index (χ4v) is 5.27. The Labute approximate surface area is 181 Å². The van der Waals surface area contributed by atoms with Gasteiger partial charge in [0.05, 0.1) is 22.8 Å². The summed E-state index contributed by atoms with van der Waals surface area (Å²) in [6.45, 7) is 4.46. The molecule has 5 rings (SSSR count). The van der Waals surface area contributed by atoms with Crippen LogP contribution in [0.1, 0.15) is 54.2 Å². The van der Waals surface area contributed by atoms with Crippen molar-refractivity contribution < 1.29 is 4.79 Å². The van der Waals surface area contributed by atoms with Crippen LogP contribution in [0.15, 0.2) is 47.4 Å². The van der Waals surface area contributed by atoms with E-state index in [4.69, 9.17) is 0 Å². The minimum atomic E-state index is -0.0267. The van der Waals surface area contributed by atoms with Gasteiger partial charge in [-0.25, -0.2) is 4.79 Å². The average Bonchev–Trinajstić information content (AvgIpc) is 3.15. The van der Waals surface area contributed by atoms with Gasteiger partial charge in [-0.15, -0.1) is 0 Å². The van der Waals surface area contributed by atoms with Crippen molar-refractivity contribution in [1.82, 2.24) is 24.3 Å². The van der Waals surface area contributed by atoms with Gasteiger partial charge in [0.2, 0.25) is 0 Å². The summed E-state index contributed by atoms with van der Waals surface area (Å²) >= 11 is 0. The standard InChI is InChI=1S/C24H29N5O2/c1-17-19(7-6-13-25-17)23(30)28-14-5-4-10-22(28)27-15-11-18(12-16-27)29-21-9-3-2-8-20(21)26-24(29)31/h2-3,6-9,13,18,22H,4-5,10-12,14-16H2,1H3,(H,26,31). The molecule has 1 amide bonds. The highest BCUT2D eigenvalue weighted by Gasteiger charge is 2.35. The number of carbonyl (C=O) groups is 1. The number of nitrogens with zero attached hydrogens (tertiary/aromatic N) is 4. The minimum absolute atomic E-state index is 0.0267. The molecule has 2 aliphatic rings. The van der Waals surface area contributed by atoms with Crippen LogP contribution in [-0.4, -0.2) is 56.0 Å². The molecule has 0 bridgehead atoms. The molecule has 31 heavy (non-hydrogen) atoms. The van der Waals surface area contributed by atoms with E-state index in [0.29, 0.717) is 5.56 Å². The van der Waals surface area contributed by atoms with Gasteiger partial charge in [-0.2, -0.15) is 0 Å². The van der Waals surface area contributed by atoms with Gasteiger partial charge >= 0.3 is 5.69 Å². The number of imidazole rings is 1. The molecule has 2 fully saturated rings. The topological polar surface area (TPSA) is 74.2 Å². The van der Waals surface area contributed by atoms with Crippen molar-refractivity contribution >= 4 is 16.9 Å². The highest BCUT2D eigenvalue weighted by atomic mass is 16.2. The van der Waals surface area contributed by atoms with Crippen LogP contribution >= 0.6 is 0 Å². The Hall–Kier alpha value is -2.93. The molecule has 2 aromatic heterocycles. The zero-order valence-electron chi connectivity index (χ0n) is 18.0. The van der Waals surface area contributed by atoms with Crippen molar-refractivity contribution in [1.29, 1.82) is 0 Å². The zero-order valence-corrected chi connectivity index (χ0v) is 18.0. The lowest BCUT2D eigenvalue weighted by Gasteiger charge is -2.45. The van der Waals surface area contributed by atoms with E-state index >= 15 is 0 Å². The van der Waals surface area contributed by atoms with E-state index in [9.17, 15) is 9.59 Å². The maximum Gasteiger partial charge on any atom is 0.326 e. The number of nitrogens with one attached hydrogen (secondary N) is 1. The van der Waals surface area contributed by atoms with Gasteiger partial charge in [-0.3, -0.25) is 19.2 Å². The molecule has 1 atom stereocenters. The molecule has 4 heterocycles. The first-order valence-corrected chi connectivity index (χ1v) is 11.3. The second-order valence-electron chi connectivity index (χ2n) is 8.70. The highest BCUT2D eigenvalue weighted by molar-refractivity contribution is 5.95. The molecule has 2 aliphatic heterocycles. The van der Waals surface area contributed by atoms with Crippen molar-refractivity contribution in [2.24, 2.45) is 0 Å². The number of aromatic amines is 1. The Kier molecular flexibility index (Phi) is 5.36. The number of hydrogen-bond acceptors (Lipinski definition) is 4. The first-order valence-electron chi connectivity index (χ1n) is 11.3. The third kappa shape index (κ3) is 3.67. The van der Waals surface area contributed by atoms with Crippen LogP contribution in [0, 0.1) is 6.92 Å². The number of fused-ring (bicyclic) bond motifs is 1. The number of H-pyrrole nitrogens is 1. The molecule has 1 N–H and O–H groups in total. The maximum atomic E-state index is 13.3. The van der Waals surface area contributed by atoms with E-state index in [1.165, 1.54) is 0 Å². The van der Waals surface area contributed by atoms with Crippen LogP contribution in [0.4, 0.5) is 0 Å². The summed E-state index contributed by atoms with van der Waals surface area (Å²) in [5.41, 5.74) is 3.34. The molecule has 1 aromatic carbocycles. The summed E-state index contributed by atoms with van der Waals surface area (Å²) in [5, 5.41) is 0. The normalized spacial score (nSPS) is 20.9. The second-order valence-corrected chi connectivity index (χ2v) is 8.70. The number of piperidine rings is 2. The van der Waals surface area contributed by atoms with E-state index in [1.807, 2.05) is 52.8 Å². The summed E-state index contributed by atoms with van der Waals surface area (Å²) < 4.78 is 1.93. The van der Waals surface area contributed by atoms with E-state index < -0.39 is 0 Å². The van der Waals surface area contributed by atoms with E-state index in [1.54, 1.807) is 6.20 Å². The molecule has 1 unspecified atom stereocenters. The number of hydrogen-bond donors (Lipinski definition) is 1. The summed E-state index contributed by atoms with van der Waals surface area (Å²) in [7, 11) is 0. The number of rotatable bonds is 3. The number of carbonyl (C=O) groups excluding carboxylic acids is 1. The predicted molar refractivity (Wildman–Crippen MR) is 120 cm³/mol. The molecule has 0 aliphatic carbocycles. The number of benzene rings is 1. The van der Waals surface area contributed by atoms with E-state index in [0.717, 1.165) is 68.5 Å². The van der Waals surface area contributed by atoms with Crippen molar-refractivity contribution in [2.45, 2.75) is 51.2 Å². The monoisotopic (exact) mass is 419 g/mol. The summed E-state index contributed by atoms with van der Waals surface area (Å²) in [5.74, 6) is 0.0882. The minimum Gasteiger partial charge on any atom is -0.323 e. The summed E-state index contributed by atoms with van der Waals surface area (Å²) in [6.07, 6.45) is 6.87. The summed E-state index contributed by atoms with van der Waals surface area (Å²) in [6, 6.07) is 11.8. The van der Waals surface area contributed by atoms with Crippen molar-refractivity contribution in [3.05, 3.63) is 64.3 Å². The molecule has 3 aromatic rings. The number of aromatic nitrogens is 3. The first-order chi connectivity index (χ1) is 15.1. The number of aryl methyl sites for hydroxylation is 1. The Morgan fingerprint density at radius 1 is 1.03 bits per heavy atom. The van der Waals surface area contributed by atoms with Gasteiger partial charge < -0.3 is 9.88 Å². The number of amides is 1. The molecular weight excluding hydrogens is 390 g/mol. The molecule has 0 saturated carbocycles. The Morgan fingerprint density at radius 3 is 2.65 bits per heavy atom. The van der Waals surface area contributed by atoms with Gasteiger partial charge in [0, 0.05) is 37.6 Å². The van der Waals surface area contributed by atoms with Crippen LogP contribution in [0.5, 0.6) is 0 Å². The quantitative estimate of drug-likeness (QED) is 0.707. The maximum absolute atomic E-state index is 13.3. The fourth-order valence-electron chi connectivity index (χ4n) is 5.27. The van der Waals surface area contributed by atoms with Crippen LogP contribution in [0.25, 0.3) is 11.0 Å². The zero-order chi connectivity index (χ0) is 21.4. The van der Waals surface area contributed by atoms with Gasteiger partial charge in [-0.05, 0) is 63.3 Å². The van der Waals surface area contributed by atoms with Crippen LogP contribution < -0.4 is 5.69 Å². The SMILES string of the molecule is Cc1ncccc1C(=O)N1CCCCC1N1CCC(n2c(=O)[nH]c3ccccc32)CC1. The fraction of sp³-hybridized carbons (Fsp3) is 0.458. The van der Waals surface area contributed by atoms with Crippen molar-refractivity contribution in [3.63, 3.8) is 0 Å². The lowest BCUT2D eigenvalue weighted by Crippen LogP contribution is -2.55. The van der Waals surface area contributed by atoms with Gasteiger partial charge in [0.25, 0.3) is 5.91 Å². The molecule has 0 spiro atoms. The Bertz CT molecular complexity index is 1140. The third-order valence-corrected chi connectivity index (χ3v) is 6.88.